The predicted molar refractivity (Wildman–Crippen MR) is 128 cm³/mol. The van der Waals surface area contributed by atoms with Crippen LogP contribution in [0.25, 0.3) is 0 Å². The normalized spacial score (nSPS) is 15.2. The molecule has 1 saturated heterocycles. The summed E-state index contributed by atoms with van der Waals surface area (Å²) in [6.45, 7) is 9.46. The maximum atomic E-state index is 13.5. The van der Waals surface area contributed by atoms with Crippen molar-refractivity contribution >= 4 is 21.8 Å². The highest BCUT2D eigenvalue weighted by molar-refractivity contribution is 7.89. The fourth-order valence-corrected chi connectivity index (χ4v) is 5.31. The molecule has 0 aromatic heterocycles. The van der Waals surface area contributed by atoms with Gasteiger partial charge in [-0.25, -0.2) is 8.42 Å². The van der Waals surface area contributed by atoms with Gasteiger partial charge in [0.2, 0.25) is 21.8 Å². The number of piperidine rings is 1. The van der Waals surface area contributed by atoms with Crippen molar-refractivity contribution in [2.45, 2.75) is 72.4 Å². The van der Waals surface area contributed by atoms with Crippen LogP contribution < -0.4 is 0 Å². The van der Waals surface area contributed by atoms with Gasteiger partial charge in [0, 0.05) is 38.6 Å². The Morgan fingerprint density at radius 1 is 1.06 bits per heavy atom. The van der Waals surface area contributed by atoms with Crippen LogP contribution in [0.15, 0.2) is 24.3 Å². The molecule has 1 aromatic rings. The summed E-state index contributed by atoms with van der Waals surface area (Å²) in [4.78, 5) is 29.5. The molecule has 0 aliphatic carbocycles. The third-order valence-electron chi connectivity index (χ3n) is 6.19. The quantitative estimate of drug-likeness (QED) is 0.503. The monoisotopic (exact) mass is 465 g/mol. The van der Waals surface area contributed by atoms with E-state index in [0.717, 1.165) is 17.5 Å². The van der Waals surface area contributed by atoms with Gasteiger partial charge in [-0.2, -0.15) is 4.31 Å². The SMILES string of the molecule is CCCC(=O)N1CCC(N(Cc2ccccc2C)C(=O)CN(CCC)S(=O)(=O)CC)CC1. The molecule has 0 atom stereocenters. The maximum absolute atomic E-state index is 13.5. The molecule has 0 unspecified atom stereocenters. The van der Waals surface area contributed by atoms with Crippen molar-refractivity contribution in [2.75, 3.05) is 31.9 Å². The van der Waals surface area contributed by atoms with E-state index in [2.05, 4.69) is 0 Å². The topological polar surface area (TPSA) is 78.0 Å². The zero-order valence-corrected chi connectivity index (χ0v) is 20.9. The lowest BCUT2D eigenvalue weighted by Gasteiger charge is -2.39. The van der Waals surface area contributed by atoms with Gasteiger partial charge in [0.15, 0.2) is 0 Å². The van der Waals surface area contributed by atoms with Crippen molar-refractivity contribution in [3.8, 4) is 0 Å². The summed E-state index contributed by atoms with van der Waals surface area (Å²) >= 11 is 0. The molecular weight excluding hydrogens is 426 g/mol. The first-order chi connectivity index (χ1) is 15.2. The number of hydrogen-bond donors (Lipinski definition) is 0. The van der Waals surface area contributed by atoms with E-state index in [4.69, 9.17) is 0 Å². The van der Waals surface area contributed by atoms with E-state index in [0.29, 0.717) is 51.9 Å². The van der Waals surface area contributed by atoms with Crippen molar-refractivity contribution in [1.29, 1.82) is 0 Å². The van der Waals surface area contributed by atoms with Gasteiger partial charge >= 0.3 is 0 Å². The Hall–Kier alpha value is -1.93. The molecule has 7 nitrogen and oxygen atoms in total. The number of carbonyl (C=O) groups excluding carboxylic acids is 2. The first-order valence-electron chi connectivity index (χ1n) is 11.8. The fourth-order valence-electron chi connectivity index (χ4n) is 4.18. The summed E-state index contributed by atoms with van der Waals surface area (Å²) in [5.74, 6) is -0.0151. The van der Waals surface area contributed by atoms with Crippen molar-refractivity contribution < 1.29 is 18.0 Å². The second kappa shape index (κ2) is 12.3. The minimum absolute atomic E-state index is 0.0133. The standard InChI is InChI=1S/C24H39N3O4S/c1-5-10-23(28)25-16-13-22(14-17-25)27(18-21-12-9-8-11-20(21)4)24(29)19-26(15-6-2)32(30,31)7-3/h8-9,11-12,22H,5-7,10,13-19H2,1-4H3. The molecule has 0 radical (unpaired) electrons. The fraction of sp³-hybridized carbons (Fsp3) is 0.667. The van der Waals surface area contributed by atoms with E-state index in [1.165, 1.54) is 4.31 Å². The molecule has 180 valence electrons. The highest BCUT2D eigenvalue weighted by Gasteiger charge is 2.32. The molecule has 2 rings (SSSR count). The molecule has 1 aliphatic rings. The molecule has 8 heteroatoms. The smallest absolute Gasteiger partial charge is 0.238 e. The van der Waals surface area contributed by atoms with Crippen LogP contribution in [0.4, 0.5) is 0 Å². The zero-order chi connectivity index (χ0) is 23.7. The number of benzene rings is 1. The lowest BCUT2D eigenvalue weighted by Crippen LogP contribution is -2.51. The molecule has 1 aromatic carbocycles. The molecule has 1 aliphatic heterocycles. The lowest BCUT2D eigenvalue weighted by atomic mass is 10.0. The van der Waals surface area contributed by atoms with Crippen molar-refractivity contribution in [3.63, 3.8) is 0 Å². The summed E-state index contributed by atoms with van der Waals surface area (Å²) < 4.78 is 26.4. The van der Waals surface area contributed by atoms with Crippen molar-refractivity contribution in [3.05, 3.63) is 35.4 Å². The van der Waals surface area contributed by atoms with Crippen LogP contribution in [0.3, 0.4) is 0 Å². The Morgan fingerprint density at radius 3 is 2.28 bits per heavy atom. The molecule has 0 saturated carbocycles. The second-order valence-electron chi connectivity index (χ2n) is 8.54. The molecular formula is C24H39N3O4S. The van der Waals surface area contributed by atoms with Crippen molar-refractivity contribution in [2.24, 2.45) is 0 Å². The first kappa shape index (κ1) is 26.3. The maximum Gasteiger partial charge on any atom is 0.238 e. The lowest BCUT2D eigenvalue weighted by molar-refractivity contribution is -0.137. The molecule has 0 spiro atoms. The molecule has 32 heavy (non-hydrogen) atoms. The minimum Gasteiger partial charge on any atom is -0.343 e. The van der Waals surface area contributed by atoms with Crippen LogP contribution in [-0.4, -0.2) is 72.3 Å². The molecule has 2 amide bonds. The van der Waals surface area contributed by atoms with Gasteiger partial charge in [-0.1, -0.05) is 38.1 Å². The second-order valence-corrected chi connectivity index (χ2v) is 10.8. The predicted octanol–water partition coefficient (Wildman–Crippen LogP) is 3.18. The number of carbonyl (C=O) groups is 2. The van der Waals surface area contributed by atoms with E-state index in [1.807, 2.05) is 54.8 Å². The highest BCUT2D eigenvalue weighted by atomic mass is 32.2. The van der Waals surface area contributed by atoms with Gasteiger partial charge in [-0.05, 0) is 50.7 Å². The number of aryl methyl sites for hydroxylation is 1. The minimum atomic E-state index is -3.46. The van der Waals surface area contributed by atoms with Gasteiger partial charge in [0.05, 0.1) is 12.3 Å². The summed E-state index contributed by atoms with van der Waals surface area (Å²) in [5.41, 5.74) is 2.16. The van der Waals surface area contributed by atoms with E-state index < -0.39 is 10.0 Å². The highest BCUT2D eigenvalue weighted by Crippen LogP contribution is 2.22. The number of sulfonamides is 1. The van der Waals surface area contributed by atoms with Crippen molar-refractivity contribution in [1.82, 2.24) is 14.1 Å². The largest absolute Gasteiger partial charge is 0.343 e. The van der Waals surface area contributed by atoms with Crippen LogP contribution in [0.5, 0.6) is 0 Å². The average molecular weight is 466 g/mol. The van der Waals surface area contributed by atoms with E-state index in [9.17, 15) is 18.0 Å². The molecule has 0 N–H and O–H groups in total. The number of nitrogens with zero attached hydrogens (tertiary/aromatic N) is 3. The van der Waals surface area contributed by atoms with E-state index in [1.54, 1.807) is 6.92 Å². The molecule has 1 heterocycles. The third-order valence-corrected chi connectivity index (χ3v) is 8.01. The number of amides is 2. The van der Waals surface area contributed by atoms with E-state index in [-0.39, 0.29) is 30.2 Å². The Bertz CT molecular complexity index is 864. The summed E-state index contributed by atoms with van der Waals surface area (Å²) in [5, 5.41) is 0. The summed E-state index contributed by atoms with van der Waals surface area (Å²) in [6, 6.07) is 7.96. The van der Waals surface area contributed by atoms with Crippen LogP contribution in [0, 0.1) is 6.92 Å². The average Bonchev–Trinajstić information content (AvgIpc) is 2.78. The zero-order valence-electron chi connectivity index (χ0n) is 20.0. The molecule has 0 bridgehead atoms. The Labute approximate surface area is 193 Å². The number of likely N-dealkylation sites (tertiary alicyclic amines) is 1. The Balaban J connectivity index is 2.22. The Kier molecular flexibility index (Phi) is 10.2. The van der Waals surface area contributed by atoms with Gasteiger partial charge in [0.25, 0.3) is 0 Å². The first-order valence-corrected chi connectivity index (χ1v) is 13.4. The number of rotatable bonds is 11. The van der Waals surface area contributed by atoms with E-state index >= 15 is 0 Å². The third kappa shape index (κ3) is 7.04. The summed E-state index contributed by atoms with van der Waals surface area (Å²) in [6.07, 6.45) is 3.46. The van der Waals surface area contributed by atoms with Gasteiger partial charge in [-0.3, -0.25) is 9.59 Å². The van der Waals surface area contributed by atoms with Crippen LogP contribution in [0.1, 0.15) is 64.0 Å². The molecule has 1 fully saturated rings. The summed E-state index contributed by atoms with van der Waals surface area (Å²) in [7, 11) is -3.46. The van der Waals surface area contributed by atoms with Gasteiger partial charge < -0.3 is 9.80 Å². The number of hydrogen-bond acceptors (Lipinski definition) is 4. The van der Waals surface area contributed by atoms with Crippen LogP contribution >= 0.6 is 0 Å². The van der Waals surface area contributed by atoms with Crippen LogP contribution in [0.2, 0.25) is 0 Å². The Morgan fingerprint density at radius 2 is 1.72 bits per heavy atom. The van der Waals surface area contributed by atoms with Crippen LogP contribution in [-0.2, 0) is 26.2 Å². The van der Waals surface area contributed by atoms with Gasteiger partial charge in [-0.15, -0.1) is 0 Å². The van der Waals surface area contributed by atoms with Gasteiger partial charge in [0.1, 0.15) is 0 Å².